The van der Waals surface area contributed by atoms with Gasteiger partial charge in [0.2, 0.25) is 0 Å². The summed E-state index contributed by atoms with van der Waals surface area (Å²) in [5.41, 5.74) is 0.596. The molecule has 7 nitrogen and oxygen atoms in total. The number of carbonyl (C=O) groups is 1. The van der Waals surface area contributed by atoms with Gasteiger partial charge in [-0.2, -0.15) is 5.10 Å². The van der Waals surface area contributed by atoms with Crippen LogP contribution in [0.2, 0.25) is 0 Å². The van der Waals surface area contributed by atoms with Crippen molar-refractivity contribution in [2.75, 3.05) is 6.54 Å². The number of carbonyl (C=O) groups excluding carboxylic acids is 1. The second-order valence-corrected chi connectivity index (χ2v) is 6.12. The Morgan fingerprint density at radius 1 is 1.24 bits per heavy atom. The molecule has 1 atom stereocenters. The Bertz CT molecular complexity index is 829. The zero-order valence-corrected chi connectivity index (χ0v) is 13.8. The molecule has 0 aromatic carbocycles. The predicted octanol–water partition coefficient (Wildman–Crippen LogP) is 3.01. The van der Waals surface area contributed by atoms with Crippen LogP contribution in [0, 0.1) is 0 Å². The summed E-state index contributed by atoms with van der Waals surface area (Å²) in [4.78, 5) is 23.3. The second-order valence-electron chi connectivity index (χ2n) is 6.12. The van der Waals surface area contributed by atoms with E-state index < -0.39 is 0 Å². The van der Waals surface area contributed by atoms with Gasteiger partial charge in [-0.25, -0.2) is 14.6 Å². The van der Waals surface area contributed by atoms with E-state index in [-0.39, 0.29) is 11.9 Å². The fourth-order valence-corrected chi connectivity index (χ4v) is 3.30. The number of aromatic nitrogens is 4. The smallest absolute Gasteiger partial charge is 0.254 e. The minimum Gasteiger partial charge on any atom is -0.467 e. The summed E-state index contributed by atoms with van der Waals surface area (Å²) in [6, 6.07) is 7.29. The third kappa shape index (κ3) is 3.17. The summed E-state index contributed by atoms with van der Waals surface area (Å²) < 4.78 is 7.14. The SMILES string of the molecule is O=C(c1ccnc(-n2cncn2)c1)N1CCCCCC1c1ccco1. The van der Waals surface area contributed by atoms with E-state index in [0.29, 0.717) is 11.4 Å². The molecule has 128 valence electrons. The van der Waals surface area contributed by atoms with Gasteiger partial charge in [-0.05, 0) is 37.1 Å². The summed E-state index contributed by atoms with van der Waals surface area (Å²) in [7, 11) is 0. The first-order valence-electron chi connectivity index (χ1n) is 8.48. The molecule has 0 bridgehead atoms. The number of likely N-dealkylation sites (tertiary alicyclic amines) is 1. The van der Waals surface area contributed by atoms with Crippen molar-refractivity contribution in [3.8, 4) is 5.82 Å². The molecule has 7 heteroatoms. The van der Waals surface area contributed by atoms with Gasteiger partial charge in [-0.15, -0.1) is 0 Å². The van der Waals surface area contributed by atoms with Gasteiger partial charge < -0.3 is 9.32 Å². The molecular formula is C18H19N5O2. The lowest BCUT2D eigenvalue weighted by Gasteiger charge is -2.28. The summed E-state index contributed by atoms with van der Waals surface area (Å²) in [5, 5.41) is 4.07. The fourth-order valence-electron chi connectivity index (χ4n) is 3.30. The number of furan rings is 1. The van der Waals surface area contributed by atoms with Crippen molar-refractivity contribution < 1.29 is 9.21 Å². The zero-order chi connectivity index (χ0) is 17.1. The molecule has 25 heavy (non-hydrogen) atoms. The van der Waals surface area contributed by atoms with Crippen LogP contribution < -0.4 is 0 Å². The molecule has 0 spiro atoms. The lowest BCUT2D eigenvalue weighted by molar-refractivity contribution is 0.0658. The van der Waals surface area contributed by atoms with Crippen LogP contribution in [0.1, 0.15) is 47.8 Å². The molecule has 1 saturated heterocycles. The van der Waals surface area contributed by atoms with Crippen molar-refractivity contribution >= 4 is 5.91 Å². The standard InChI is InChI=1S/C18H19N5O2/c24-18(14-7-8-20-17(11-14)23-13-19-12-21-23)22-9-3-1-2-5-15(22)16-6-4-10-25-16/h4,6-8,10-13,15H,1-3,5,9H2. The molecule has 3 aromatic heterocycles. The molecule has 3 aromatic rings. The third-order valence-electron chi connectivity index (χ3n) is 4.53. The van der Waals surface area contributed by atoms with Crippen molar-refractivity contribution in [1.29, 1.82) is 0 Å². The van der Waals surface area contributed by atoms with Crippen molar-refractivity contribution in [2.24, 2.45) is 0 Å². The summed E-state index contributed by atoms with van der Waals surface area (Å²) >= 11 is 0. The molecular weight excluding hydrogens is 318 g/mol. The maximum absolute atomic E-state index is 13.2. The van der Waals surface area contributed by atoms with Gasteiger partial charge in [0.05, 0.1) is 12.3 Å². The van der Waals surface area contributed by atoms with Crippen LogP contribution in [-0.2, 0) is 0 Å². The van der Waals surface area contributed by atoms with E-state index in [4.69, 9.17) is 4.42 Å². The molecule has 0 radical (unpaired) electrons. The molecule has 0 aliphatic carbocycles. The number of rotatable bonds is 3. The Morgan fingerprint density at radius 2 is 2.20 bits per heavy atom. The van der Waals surface area contributed by atoms with Crippen molar-refractivity contribution in [3.05, 3.63) is 60.7 Å². The fraction of sp³-hybridized carbons (Fsp3) is 0.333. The van der Waals surface area contributed by atoms with Gasteiger partial charge in [-0.3, -0.25) is 4.79 Å². The Morgan fingerprint density at radius 3 is 3.00 bits per heavy atom. The van der Waals surface area contributed by atoms with Gasteiger partial charge in [0.15, 0.2) is 5.82 Å². The van der Waals surface area contributed by atoms with E-state index in [2.05, 4.69) is 15.1 Å². The van der Waals surface area contributed by atoms with E-state index in [0.717, 1.165) is 38.0 Å². The van der Waals surface area contributed by atoms with Crippen LogP contribution in [0.5, 0.6) is 0 Å². The minimum absolute atomic E-state index is 0.00735. The van der Waals surface area contributed by atoms with E-state index in [1.807, 2.05) is 17.0 Å². The maximum atomic E-state index is 13.2. The summed E-state index contributed by atoms with van der Waals surface area (Å²) in [6.07, 6.45) is 10.4. The van der Waals surface area contributed by atoms with Crippen molar-refractivity contribution in [3.63, 3.8) is 0 Å². The number of hydrogen-bond acceptors (Lipinski definition) is 5. The van der Waals surface area contributed by atoms with Gasteiger partial charge in [-0.1, -0.05) is 12.8 Å². The first-order valence-corrected chi connectivity index (χ1v) is 8.48. The number of hydrogen-bond donors (Lipinski definition) is 0. The normalized spacial score (nSPS) is 18.1. The van der Waals surface area contributed by atoms with Crippen molar-refractivity contribution in [1.82, 2.24) is 24.6 Å². The number of pyridine rings is 1. The monoisotopic (exact) mass is 337 g/mol. The topological polar surface area (TPSA) is 77.1 Å². The van der Waals surface area contributed by atoms with E-state index >= 15 is 0 Å². The highest BCUT2D eigenvalue weighted by Crippen LogP contribution is 2.31. The molecule has 1 fully saturated rings. The molecule has 4 rings (SSSR count). The number of nitrogens with zero attached hydrogens (tertiary/aromatic N) is 5. The van der Waals surface area contributed by atoms with E-state index in [9.17, 15) is 4.79 Å². The zero-order valence-electron chi connectivity index (χ0n) is 13.8. The van der Waals surface area contributed by atoms with Crippen molar-refractivity contribution in [2.45, 2.75) is 31.7 Å². The second kappa shape index (κ2) is 6.88. The van der Waals surface area contributed by atoms with Gasteiger partial charge >= 0.3 is 0 Å². The van der Waals surface area contributed by atoms with Gasteiger partial charge in [0, 0.05) is 18.3 Å². The highest BCUT2D eigenvalue weighted by atomic mass is 16.3. The Balaban J connectivity index is 1.65. The molecule has 0 N–H and O–H groups in total. The third-order valence-corrected chi connectivity index (χ3v) is 4.53. The highest BCUT2D eigenvalue weighted by Gasteiger charge is 2.29. The maximum Gasteiger partial charge on any atom is 0.254 e. The lowest BCUT2D eigenvalue weighted by Crippen LogP contribution is -2.34. The average molecular weight is 337 g/mol. The Hall–Kier alpha value is -2.96. The summed E-state index contributed by atoms with van der Waals surface area (Å²) in [6.45, 7) is 0.727. The van der Waals surface area contributed by atoms with Crippen LogP contribution in [0.4, 0.5) is 0 Å². The van der Waals surface area contributed by atoms with Crippen LogP contribution in [-0.4, -0.2) is 37.1 Å². The molecule has 4 heterocycles. The Kier molecular flexibility index (Phi) is 4.28. The van der Waals surface area contributed by atoms with Crippen LogP contribution in [0.3, 0.4) is 0 Å². The van der Waals surface area contributed by atoms with Crippen LogP contribution in [0.25, 0.3) is 5.82 Å². The molecule has 0 saturated carbocycles. The molecule has 1 aliphatic rings. The molecule has 1 unspecified atom stereocenters. The summed E-state index contributed by atoms with van der Waals surface area (Å²) in [5.74, 6) is 1.42. The van der Waals surface area contributed by atoms with E-state index in [1.165, 1.54) is 6.33 Å². The average Bonchev–Trinajstić information content (AvgIpc) is 3.32. The lowest BCUT2D eigenvalue weighted by atomic mass is 10.1. The minimum atomic E-state index is -0.0204. The number of amides is 1. The van der Waals surface area contributed by atoms with Gasteiger partial charge in [0.1, 0.15) is 18.4 Å². The predicted molar refractivity (Wildman–Crippen MR) is 90.1 cm³/mol. The van der Waals surface area contributed by atoms with Crippen LogP contribution in [0.15, 0.2) is 53.8 Å². The van der Waals surface area contributed by atoms with E-state index in [1.54, 1.807) is 35.6 Å². The largest absolute Gasteiger partial charge is 0.467 e. The quantitative estimate of drug-likeness (QED) is 0.734. The first-order chi connectivity index (χ1) is 12.3. The molecule has 1 aliphatic heterocycles. The highest BCUT2D eigenvalue weighted by molar-refractivity contribution is 5.94. The first kappa shape index (κ1) is 15.6. The Labute approximate surface area is 145 Å². The van der Waals surface area contributed by atoms with Crippen LogP contribution >= 0.6 is 0 Å². The molecule has 1 amide bonds. The van der Waals surface area contributed by atoms with Gasteiger partial charge in [0.25, 0.3) is 5.91 Å².